The number of carbonyl (C=O) groups excluding carboxylic acids is 1. The Labute approximate surface area is 142 Å². The van der Waals surface area contributed by atoms with Gasteiger partial charge in [-0.15, -0.1) is 0 Å². The summed E-state index contributed by atoms with van der Waals surface area (Å²) in [4.78, 5) is 14.1. The number of benzene rings is 2. The van der Waals surface area contributed by atoms with E-state index in [0.717, 1.165) is 18.8 Å². The van der Waals surface area contributed by atoms with Crippen LogP contribution in [0, 0.1) is 6.92 Å². The molecule has 2 aromatic carbocycles. The Balaban J connectivity index is 1.80. The Morgan fingerprint density at radius 2 is 1.91 bits per heavy atom. The fraction of sp³-hybridized carbons (Fsp3) is 0.278. The third kappa shape index (κ3) is 5.49. The van der Waals surface area contributed by atoms with Crippen LogP contribution in [0.4, 0.5) is 16.2 Å². The highest BCUT2D eigenvalue weighted by molar-refractivity contribution is 6.30. The van der Waals surface area contributed by atoms with Crippen molar-refractivity contribution in [1.82, 2.24) is 5.32 Å². The monoisotopic (exact) mass is 331 g/mol. The number of anilines is 2. The van der Waals surface area contributed by atoms with Crippen molar-refractivity contribution >= 4 is 29.0 Å². The minimum absolute atomic E-state index is 0.215. The summed E-state index contributed by atoms with van der Waals surface area (Å²) < 4.78 is 0. The molecule has 2 aromatic rings. The number of nitrogens with one attached hydrogen (secondary N) is 2. The maximum absolute atomic E-state index is 11.9. The number of halogens is 1. The molecule has 23 heavy (non-hydrogen) atoms. The van der Waals surface area contributed by atoms with Gasteiger partial charge in [0.05, 0.1) is 0 Å². The smallest absolute Gasteiger partial charge is 0.319 e. The lowest BCUT2D eigenvalue weighted by Gasteiger charge is -2.23. The van der Waals surface area contributed by atoms with Crippen LogP contribution < -0.4 is 15.5 Å². The van der Waals surface area contributed by atoms with E-state index < -0.39 is 0 Å². The SMILES string of the molecule is CCN(CCNC(=O)Nc1ccc(Cl)cc1)c1cccc(C)c1. The van der Waals surface area contributed by atoms with Crippen LogP contribution in [0.25, 0.3) is 0 Å². The molecule has 0 heterocycles. The van der Waals surface area contributed by atoms with E-state index in [1.165, 1.54) is 11.3 Å². The first-order valence-corrected chi connectivity index (χ1v) is 8.08. The van der Waals surface area contributed by atoms with Crippen LogP contribution in [0.2, 0.25) is 5.02 Å². The molecule has 0 aliphatic carbocycles. The summed E-state index contributed by atoms with van der Waals surface area (Å²) in [7, 11) is 0. The number of urea groups is 1. The number of aryl methyl sites for hydroxylation is 1. The predicted octanol–water partition coefficient (Wildman–Crippen LogP) is 4.30. The summed E-state index contributed by atoms with van der Waals surface area (Å²) in [5.74, 6) is 0. The lowest BCUT2D eigenvalue weighted by atomic mass is 10.2. The van der Waals surface area contributed by atoms with Gasteiger partial charge in [0.2, 0.25) is 0 Å². The molecule has 2 rings (SSSR count). The van der Waals surface area contributed by atoms with Gasteiger partial charge in [0, 0.05) is 36.0 Å². The molecule has 0 saturated heterocycles. The van der Waals surface area contributed by atoms with Gasteiger partial charge in [0.15, 0.2) is 0 Å². The van der Waals surface area contributed by atoms with E-state index in [9.17, 15) is 4.79 Å². The highest BCUT2D eigenvalue weighted by atomic mass is 35.5. The fourth-order valence-corrected chi connectivity index (χ4v) is 2.43. The Kier molecular flexibility index (Phi) is 6.29. The molecule has 0 aromatic heterocycles. The molecule has 2 N–H and O–H groups in total. The van der Waals surface area contributed by atoms with Crippen molar-refractivity contribution in [3.05, 3.63) is 59.1 Å². The zero-order valence-corrected chi connectivity index (χ0v) is 14.2. The van der Waals surface area contributed by atoms with Gasteiger partial charge in [-0.1, -0.05) is 23.7 Å². The lowest BCUT2D eigenvalue weighted by Crippen LogP contribution is -2.37. The molecule has 2 amide bonds. The number of hydrogen-bond acceptors (Lipinski definition) is 2. The summed E-state index contributed by atoms with van der Waals surface area (Å²) >= 11 is 5.82. The molecule has 4 nitrogen and oxygen atoms in total. The van der Waals surface area contributed by atoms with E-state index in [2.05, 4.69) is 47.6 Å². The number of carbonyl (C=O) groups is 1. The molecule has 0 aliphatic rings. The molecular formula is C18H22ClN3O. The average Bonchev–Trinajstić information content (AvgIpc) is 2.54. The minimum Gasteiger partial charge on any atom is -0.370 e. The van der Waals surface area contributed by atoms with Gasteiger partial charge in [-0.3, -0.25) is 0 Å². The molecule has 0 unspecified atom stereocenters. The molecule has 122 valence electrons. The van der Waals surface area contributed by atoms with Crippen LogP contribution in [0.5, 0.6) is 0 Å². The van der Waals surface area contributed by atoms with Crippen LogP contribution in [-0.2, 0) is 0 Å². The Morgan fingerprint density at radius 1 is 1.17 bits per heavy atom. The largest absolute Gasteiger partial charge is 0.370 e. The van der Waals surface area contributed by atoms with E-state index in [0.29, 0.717) is 11.6 Å². The number of hydrogen-bond donors (Lipinski definition) is 2. The summed E-state index contributed by atoms with van der Waals surface area (Å²) in [6.45, 7) is 6.41. The molecule has 0 spiro atoms. The average molecular weight is 332 g/mol. The van der Waals surface area contributed by atoms with Crippen molar-refractivity contribution in [3.8, 4) is 0 Å². The molecule has 0 saturated carbocycles. The van der Waals surface area contributed by atoms with Gasteiger partial charge < -0.3 is 15.5 Å². The first kappa shape index (κ1) is 17.2. The van der Waals surface area contributed by atoms with Gasteiger partial charge in [0.1, 0.15) is 0 Å². The van der Waals surface area contributed by atoms with Crippen LogP contribution >= 0.6 is 11.6 Å². The highest BCUT2D eigenvalue weighted by Crippen LogP contribution is 2.15. The Hall–Kier alpha value is -2.20. The lowest BCUT2D eigenvalue weighted by molar-refractivity contribution is 0.252. The molecule has 0 aliphatic heterocycles. The van der Waals surface area contributed by atoms with Crippen molar-refractivity contribution in [1.29, 1.82) is 0 Å². The minimum atomic E-state index is -0.215. The fourth-order valence-electron chi connectivity index (χ4n) is 2.31. The molecule has 0 radical (unpaired) electrons. The van der Waals surface area contributed by atoms with E-state index in [-0.39, 0.29) is 6.03 Å². The van der Waals surface area contributed by atoms with Gasteiger partial charge in [-0.25, -0.2) is 4.79 Å². The maximum atomic E-state index is 11.9. The van der Waals surface area contributed by atoms with E-state index in [4.69, 9.17) is 11.6 Å². The van der Waals surface area contributed by atoms with Gasteiger partial charge in [-0.05, 0) is 55.8 Å². The van der Waals surface area contributed by atoms with Gasteiger partial charge in [0.25, 0.3) is 0 Å². The highest BCUT2D eigenvalue weighted by Gasteiger charge is 2.06. The van der Waals surface area contributed by atoms with Crippen LogP contribution in [-0.4, -0.2) is 25.7 Å². The van der Waals surface area contributed by atoms with Crippen LogP contribution in [0.1, 0.15) is 12.5 Å². The molecule has 0 fully saturated rings. The second-order valence-electron chi connectivity index (χ2n) is 5.31. The van der Waals surface area contributed by atoms with E-state index >= 15 is 0 Å². The Bertz CT molecular complexity index is 643. The Morgan fingerprint density at radius 3 is 2.57 bits per heavy atom. The van der Waals surface area contributed by atoms with Crippen LogP contribution in [0.15, 0.2) is 48.5 Å². The number of likely N-dealkylation sites (N-methyl/N-ethyl adjacent to an activating group) is 1. The third-order valence-corrected chi connectivity index (χ3v) is 3.77. The second kappa shape index (κ2) is 8.44. The topological polar surface area (TPSA) is 44.4 Å². The first-order valence-electron chi connectivity index (χ1n) is 7.70. The third-order valence-electron chi connectivity index (χ3n) is 3.52. The van der Waals surface area contributed by atoms with Gasteiger partial charge >= 0.3 is 6.03 Å². The van der Waals surface area contributed by atoms with Crippen molar-refractivity contribution < 1.29 is 4.79 Å². The van der Waals surface area contributed by atoms with Crippen molar-refractivity contribution in [2.24, 2.45) is 0 Å². The second-order valence-corrected chi connectivity index (χ2v) is 5.74. The number of rotatable bonds is 6. The zero-order chi connectivity index (χ0) is 16.7. The summed E-state index contributed by atoms with van der Waals surface area (Å²) in [6, 6.07) is 15.2. The van der Waals surface area contributed by atoms with Crippen LogP contribution in [0.3, 0.4) is 0 Å². The quantitative estimate of drug-likeness (QED) is 0.829. The first-order chi connectivity index (χ1) is 11.1. The molecule has 0 atom stereocenters. The zero-order valence-electron chi connectivity index (χ0n) is 13.5. The van der Waals surface area contributed by atoms with E-state index in [1.54, 1.807) is 24.3 Å². The van der Waals surface area contributed by atoms with Gasteiger partial charge in [-0.2, -0.15) is 0 Å². The maximum Gasteiger partial charge on any atom is 0.319 e. The summed E-state index contributed by atoms with van der Waals surface area (Å²) in [5, 5.41) is 6.30. The van der Waals surface area contributed by atoms with E-state index in [1.807, 2.05) is 6.07 Å². The van der Waals surface area contributed by atoms with Crippen molar-refractivity contribution in [2.45, 2.75) is 13.8 Å². The van der Waals surface area contributed by atoms with Crippen molar-refractivity contribution in [3.63, 3.8) is 0 Å². The normalized spacial score (nSPS) is 10.2. The van der Waals surface area contributed by atoms with Crippen molar-refractivity contribution in [2.75, 3.05) is 29.9 Å². The predicted molar refractivity (Wildman–Crippen MR) is 97.5 cm³/mol. The summed E-state index contributed by atoms with van der Waals surface area (Å²) in [5.41, 5.74) is 3.12. The molecule has 0 bridgehead atoms. The standard InChI is InChI=1S/C18H22ClN3O/c1-3-22(17-6-4-5-14(2)13-17)12-11-20-18(23)21-16-9-7-15(19)8-10-16/h4-10,13H,3,11-12H2,1-2H3,(H2,20,21,23). The number of amides is 2. The number of nitrogens with zero attached hydrogens (tertiary/aromatic N) is 1. The molecule has 5 heteroatoms. The summed E-state index contributed by atoms with van der Waals surface area (Å²) in [6.07, 6.45) is 0. The molecular weight excluding hydrogens is 310 g/mol.